The molecular weight excluding hydrogens is 292 g/mol. The summed E-state index contributed by atoms with van der Waals surface area (Å²) in [7, 11) is 0. The number of aliphatic hydroxyl groups is 1. The van der Waals surface area contributed by atoms with Crippen molar-refractivity contribution in [2.24, 2.45) is 23.2 Å². The largest absolute Gasteiger partial charge is 0.454 e. The summed E-state index contributed by atoms with van der Waals surface area (Å²) in [6.07, 6.45) is 2.33. The Kier molecular flexibility index (Phi) is 3.43. The molecule has 1 N–H and O–H groups in total. The third-order valence-corrected chi connectivity index (χ3v) is 6.27. The van der Waals surface area contributed by atoms with Crippen LogP contribution >= 0.6 is 0 Å². The highest BCUT2D eigenvalue weighted by molar-refractivity contribution is 5.45. The van der Waals surface area contributed by atoms with E-state index in [9.17, 15) is 5.11 Å². The van der Waals surface area contributed by atoms with E-state index in [1.165, 1.54) is 5.57 Å². The highest BCUT2D eigenvalue weighted by Crippen LogP contribution is 2.56. The van der Waals surface area contributed by atoms with Gasteiger partial charge in [-0.25, -0.2) is 0 Å². The number of rotatable bonds is 2. The molecule has 0 unspecified atom stereocenters. The first kappa shape index (κ1) is 15.0. The molecule has 4 heteroatoms. The maximum Gasteiger partial charge on any atom is 0.231 e. The normalized spacial score (nSPS) is 38.3. The quantitative estimate of drug-likeness (QED) is 0.850. The van der Waals surface area contributed by atoms with Gasteiger partial charge in [-0.05, 0) is 36.5 Å². The Hall–Kier alpha value is -1.52. The van der Waals surface area contributed by atoms with Gasteiger partial charge >= 0.3 is 0 Å². The van der Waals surface area contributed by atoms with Gasteiger partial charge in [0.15, 0.2) is 11.5 Å². The average Bonchev–Trinajstić information content (AvgIpc) is 3.00. The molecule has 23 heavy (non-hydrogen) atoms. The topological polar surface area (TPSA) is 47.9 Å². The molecule has 1 aromatic rings. The SMILES string of the molecule is CC1=C[C@H](C)[C@@]2(CO)CO[C@H](c3ccc4c(c3)OCO4)[C@H]1[C@@H]2C. The van der Waals surface area contributed by atoms with Gasteiger partial charge in [0, 0.05) is 11.3 Å². The van der Waals surface area contributed by atoms with E-state index in [2.05, 4.69) is 32.9 Å². The molecule has 2 bridgehead atoms. The zero-order chi connectivity index (χ0) is 16.2. The van der Waals surface area contributed by atoms with Crippen LogP contribution in [-0.2, 0) is 4.74 Å². The molecule has 0 saturated carbocycles. The van der Waals surface area contributed by atoms with Crippen LogP contribution in [0.1, 0.15) is 32.4 Å². The van der Waals surface area contributed by atoms with Crippen molar-refractivity contribution in [1.82, 2.24) is 0 Å². The second kappa shape index (κ2) is 5.25. The number of fused-ring (bicyclic) bond motifs is 3. The van der Waals surface area contributed by atoms with Crippen molar-refractivity contribution in [3.63, 3.8) is 0 Å². The van der Waals surface area contributed by atoms with Crippen molar-refractivity contribution in [3.8, 4) is 11.5 Å². The van der Waals surface area contributed by atoms with Crippen molar-refractivity contribution < 1.29 is 19.3 Å². The molecule has 3 aliphatic rings. The number of allylic oxidation sites excluding steroid dienone is 1. The van der Waals surface area contributed by atoms with E-state index >= 15 is 0 Å². The Morgan fingerprint density at radius 1 is 1.22 bits per heavy atom. The van der Waals surface area contributed by atoms with Crippen LogP contribution in [0.2, 0.25) is 0 Å². The molecule has 4 nitrogen and oxygen atoms in total. The third kappa shape index (κ3) is 2.05. The summed E-state index contributed by atoms with van der Waals surface area (Å²) in [4.78, 5) is 0. The summed E-state index contributed by atoms with van der Waals surface area (Å²) in [5, 5.41) is 10.1. The summed E-state index contributed by atoms with van der Waals surface area (Å²) >= 11 is 0. The van der Waals surface area contributed by atoms with Crippen LogP contribution in [0.25, 0.3) is 0 Å². The van der Waals surface area contributed by atoms with Gasteiger partial charge in [-0.15, -0.1) is 0 Å². The maximum atomic E-state index is 10.1. The summed E-state index contributed by atoms with van der Waals surface area (Å²) in [5.74, 6) is 2.58. The number of aliphatic hydroxyl groups excluding tert-OH is 1. The molecule has 1 aromatic carbocycles. The smallest absolute Gasteiger partial charge is 0.231 e. The van der Waals surface area contributed by atoms with Crippen molar-refractivity contribution in [2.75, 3.05) is 20.0 Å². The molecule has 1 saturated heterocycles. The van der Waals surface area contributed by atoms with Gasteiger partial charge in [0.25, 0.3) is 0 Å². The number of hydrogen-bond acceptors (Lipinski definition) is 4. The molecule has 5 atom stereocenters. The zero-order valence-electron chi connectivity index (χ0n) is 13.9. The average molecular weight is 316 g/mol. The van der Waals surface area contributed by atoms with E-state index in [4.69, 9.17) is 14.2 Å². The van der Waals surface area contributed by atoms with E-state index in [-0.39, 0.29) is 30.8 Å². The van der Waals surface area contributed by atoms with Crippen LogP contribution in [0, 0.1) is 23.2 Å². The van der Waals surface area contributed by atoms with Crippen LogP contribution < -0.4 is 9.47 Å². The fraction of sp³-hybridized carbons (Fsp3) is 0.579. The lowest BCUT2D eigenvalue weighted by atomic mass is 9.56. The Labute approximate surface area is 137 Å². The first-order valence-corrected chi connectivity index (χ1v) is 8.37. The van der Waals surface area contributed by atoms with Crippen molar-refractivity contribution in [1.29, 1.82) is 0 Å². The molecule has 1 aliphatic carbocycles. The summed E-state index contributed by atoms with van der Waals surface area (Å²) in [5.41, 5.74) is 2.31. The lowest BCUT2D eigenvalue weighted by Gasteiger charge is -2.55. The van der Waals surface area contributed by atoms with Gasteiger partial charge in [0.2, 0.25) is 6.79 Å². The van der Waals surface area contributed by atoms with E-state index in [1.807, 2.05) is 12.1 Å². The molecule has 0 radical (unpaired) electrons. The van der Waals surface area contributed by atoms with Gasteiger partial charge in [-0.1, -0.05) is 31.6 Å². The predicted octanol–water partition coefficient (Wildman–Crippen LogP) is 3.31. The summed E-state index contributed by atoms with van der Waals surface area (Å²) in [6, 6.07) is 6.07. The zero-order valence-corrected chi connectivity index (χ0v) is 13.9. The lowest BCUT2D eigenvalue weighted by molar-refractivity contribution is -0.165. The van der Waals surface area contributed by atoms with Crippen LogP contribution in [0.4, 0.5) is 0 Å². The predicted molar refractivity (Wildman–Crippen MR) is 86.4 cm³/mol. The summed E-state index contributed by atoms with van der Waals surface area (Å²) in [6.45, 7) is 7.68. The third-order valence-electron chi connectivity index (χ3n) is 6.27. The minimum atomic E-state index is -0.170. The first-order valence-electron chi connectivity index (χ1n) is 8.37. The number of ether oxygens (including phenoxy) is 3. The van der Waals surface area contributed by atoms with Crippen LogP contribution in [0.3, 0.4) is 0 Å². The van der Waals surface area contributed by atoms with E-state index < -0.39 is 0 Å². The number of hydrogen-bond donors (Lipinski definition) is 1. The Morgan fingerprint density at radius 2 is 2.00 bits per heavy atom. The molecule has 2 aliphatic heterocycles. The maximum absolute atomic E-state index is 10.1. The molecule has 4 rings (SSSR count). The van der Waals surface area contributed by atoms with Crippen molar-refractivity contribution in [2.45, 2.75) is 26.9 Å². The standard InChI is InChI=1S/C19H24O4/c1-11-6-12(2)19(8-20)9-21-18(17(11)13(19)3)14-4-5-15-16(7-14)23-10-22-15/h4-7,12-13,17-18,20H,8-10H2,1-3H3/t12-,13-,17+,18+,19+/m0/s1. The molecule has 0 spiro atoms. The van der Waals surface area contributed by atoms with Crippen molar-refractivity contribution in [3.05, 3.63) is 35.4 Å². The monoisotopic (exact) mass is 316 g/mol. The molecule has 124 valence electrons. The minimum Gasteiger partial charge on any atom is -0.454 e. The Bertz CT molecular complexity index is 653. The fourth-order valence-corrected chi connectivity index (χ4v) is 4.68. The van der Waals surface area contributed by atoms with E-state index in [0.717, 1.165) is 17.1 Å². The van der Waals surface area contributed by atoms with Crippen LogP contribution in [0.15, 0.2) is 29.8 Å². The summed E-state index contributed by atoms with van der Waals surface area (Å²) < 4.78 is 17.2. The second-order valence-corrected chi connectivity index (χ2v) is 7.25. The highest BCUT2D eigenvalue weighted by Gasteiger charge is 2.53. The molecule has 0 aromatic heterocycles. The lowest BCUT2D eigenvalue weighted by Crippen LogP contribution is -2.53. The Morgan fingerprint density at radius 3 is 2.78 bits per heavy atom. The van der Waals surface area contributed by atoms with Crippen LogP contribution in [-0.4, -0.2) is 25.1 Å². The molecule has 2 heterocycles. The molecule has 0 amide bonds. The minimum absolute atomic E-state index is 0.00271. The molecule has 1 fully saturated rings. The van der Waals surface area contributed by atoms with E-state index in [0.29, 0.717) is 18.4 Å². The first-order chi connectivity index (χ1) is 11.1. The Balaban J connectivity index is 1.73. The van der Waals surface area contributed by atoms with Gasteiger partial charge < -0.3 is 19.3 Å². The fourth-order valence-electron chi connectivity index (χ4n) is 4.68. The van der Waals surface area contributed by atoms with Crippen LogP contribution in [0.5, 0.6) is 11.5 Å². The van der Waals surface area contributed by atoms with Gasteiger partial charge in [0.05, 0.1) is 19.3 Å². The number of benzene rings is 1. The molecular formula is C19H24O4. The van der Waals surface area contributed by atoms with Gasteiger partial charge in [0.1, 0.15) is 0 Å². The second-order valence-electron chi connectivity index (χ2n) is 7.25. The highest BCUT2D eigenvalue weighted by atomic mass is 16.7. The van der Waals surface area contributed by atoms with Gasteiger partial charge in [-0.2, -0.15) is 0 Å². The van der Waals surface area contributed by atoms with Crippen molar-refractivity contribution >= 4 is 0 Å². The van der Waals surface area contributed by atoms with Gasteiger partial charge in [-0.3, -0.25) is 0 Å². The van der Waals surface area contributed by atoms with E-state index in [1.54, 1.807) is 0 Å².